The van der Waals surface area contributed by atoms with Crippen LogP contribution in [0.5, 0.6) is 0 Å². The molecule has 0 spiro atoms. The summed E-state index contributed by atoms with van der Waals surface area (Å²) in [5.41, 5.74) is 1.96. The van der Waals surface area contributed by atoms with Crippen molar-refractivity contribution in [2.24, 2.45) is 0 Å². The van der Waals surface area contributed by atoms with E-state index in [1.807, 2.05) is 6.07 Å². The molecule has 0 radical (unpaired) electrons. The van der Waals surface area contributed by atoms with Gasteiger partial charge in [0.2, 0.25) is 0 Å². The summed E-state index contributed by atoms with van der Waals surface area (Å²) < 4.78 is 14.7. The Kier molecular flexibility index (Phi) is 4.92. The lowest BCUT2D eigenvalue weighted by atomic mass is 10.0. The average Bonchev–Trinajstić information content (AvgIpc) is 2.87. The molecule has 2 rings (SSSR count). The first-order valence-electron chi connectivity index (χ1n) is 5.90. The van der Waals surface area contributed by atoms with E-state index < -0.39 is 0 Å². The first-order valence-corrected chi connectivity index (χ1v) is 7.63. The maximum Gasteiger partial charge on any atom is 0.126 e. The van der Waals surface area contributed by atoms with Crippen molar-refractivity contribution >= 4 is 27.3 Å². The smallest absolute Gasteiger partial charge is 0.126 e. The summed E-state index contributed by atoms with van der Waals surface area (Å²) in [5, 5.41) is 7.57. The minimum atomic E-state index is -0.142. The molecule has 1 atom stereocenters. The van der Waals surface area contributed by atoms with Gasteiger partial charge in [-0.3, -0.25) is 0 Å². The van der Waals surface area contributed by atoms with Crippen LogP contribution in [0.25, 0.3) is 0 Å². The van der Waals surface area contributed by atoms with E-state index in [1.54, 1.807) is 17.4 Å². The molecule has 18 heavy (non-hydrogen) atoms. The third-order valence-corrected chi connectivity index (χ3v) is 4.02. The number of benzene rings is 1. The van der Waals surface area contributed by atoms with Gasteiger partial charge in [-0.1, -0.05) is 22.9 Å². The summed E-state index contributed by atoms with van der Waals surface area (Å²) >= 11 is 5.06. The summed E-state index contributed by atoms with van der Waals surface area (Å²) in [7, 11) is 0. The highest BCUT2D eigenvalue weighted by Crippen LogP contribution is 2.24. The van der Waals surface area contributed by atoms with Gasteiger partial charge in [-0.15, -0.1) is 0 Å². The van der Waals surface area contributed by atoms with Gasteiger partial charge in [-0.05, 0) is 59.1 Å². The SMILES string of the molecule is CCNC(Cc1cc(Br)ccc1F)c1ccsc1. The number of likely N-dealkylation sites (N-methyl/N-ethyl adjacent to an activating group) is 1. The van der Waals surface area contributed by atoms with Crippen molar-refractivity contribution in [3.8, 4) is 0 Å². The van der Waals surface area contributed by atoms with Crippen LogP contribution in [-0.4, -0.2) is 6.54 Å². The Morgan fingerprint density at radius 1 is 1.39 bits per heavy atom. The van der Waals surface area contributed by atoms with E-state index in [0.29, 0.717) is 6.42 Å². The van der Waals surface area contributed by atoms with Crippen LogP contribution in [0.1, 0.15) is 24.1 Å². The predicted octanol–water partition coefficient (Wildman–Crippen LogP) is 4.54. The zero-order valence-corrected chi connectivity index (χ0v) is 12.5. The topological polar surface area (TPSA) is 12.0 Å². The van der Waals surface area contributed by atoms with Gasteiger partial charge in [0.1, 0.15) is 5.82 Å². The molecule has 0 saturated heterocycles. The Labute approximate surface area is 119 Å². The molecule has 2 aromatic rings. The monoisotopic (exact) mass is 327 g/mol. The molecule has 96 valence electrons. The molecule has 0 aliphatic heterocycles. The fourth-order valence-electron chi connectivity index (χ4n) is 1.95. The van der Waals surface area contributed by atoms with Gasteiger partial charge in [0.05, 0.1) is 0 Å². The molecule has 1 heterocycles. The fourth-order valence-corrected chi connectivity index (χ4v) is 3.07. The van der Waals surface area contributed by atoms with Crippen molar-refractivity contribution < 1.29 is 4.39 Å². The van der Waals surface area contributed by atoms with Crippen molar-refractivity contribution in [1.82, 2.24) is 5.32 Å². The summed E-state index contributed by atoms with van der Waals surface area (Å²) in [4.78, 5) is 0. The molecule has 0 saturated carbocycles. The Hall–Kier alpha value is -0.710. The zero-order valence-electron chi connectivity index (χ0n) is 10.1. The lowest BCUT2D eigenvalue weighted by Gasteiger charge is -2.17. The normalized spacial score (nSPS) is 12.6. The van der Waals surface area contributed by atoms with E-state index in [-0.39, 0.29) is 11.9 Å². The first-order chi connectivity index (χ1) is 8.70. The average molecular weight is 328 g/mol. The van der Waals surface area contributed by atoms with Crippen molar-refractivity contribution in [3.05, 3.63) is 56.4 Å². The number of rotatable bonds is 5. The second kappa shape index (κ2) is 6.45. The molecule has 0 aliphatic rings. The summed E-state index contributed by atoms with van der Waals surface area (Å²) in [6.07, 6.45) is 0.663. The molecule has 4 heteroatoms. The van der Waals surface area contributed by atoms with Crippen LogP contribution >= 0.6 is 27.3 Å². The Bertz CT molecular complexity index is 499. The third kappa shape index (κ3) is 3.40. The Balaban J connectivity index is 2.21. The number of thiophene rings is 1. The van der Waals surface area contributed by atoms with E-state index in [0.717, 1.165) is 16.6 Å². The van der Waals surface area contributed by atoms with Gasteiger partial charge in [0, 0.05) is 10.5 Å². The molecule has 1 aromatic heterocycles. The Morgan fingerprint density at radius 2 is 2.22 bits per heavy atom. The van der Waals surface area contributed by atoms with Gasteiger partial charge in [0.15, 0.2) is 0 Å². The molecule has 0 bridgehead atoms. The first kappa shape index (κ1) is 13.7. The van der Waals surface area contributed by atoms with Gasteiger partial charge in [-0.2, -0.15) is 11.3 Å². The number of nitrogens with one attached hydrogen (secondary N) is 1. The van der Waals surface area contributed by atoms with Gasteiger partial charge in [0.25, 0.3) is 0 Å². The van der Waals surface area contributed by atoms with Gasteiger partial charge < -0.3 is 5.32 Å². The van der Waals surface area contributed by atoms with Gasteiger partial charge >= 0.3 is 0 Å². The summed E-state index contributed by atoms with van der Waals surface area (Å²) in [6, 6.07) is 7.35. The maximum absolute atomic E-state index is 13.8. The van der Waals surface area contributed by atoms with Crippen molar-refractivity contribution in [3.63, 3.8) is 0 Å². The fraction of sp³-hybridized carbons (Fsp3) is 0.286. The molecular formula is C14H15BrFNS. The number of halogens is 2. The largest absolute Gasteiger partial charge is 0.310 e. The van der Waals surface area contributed by atoms with Crippen molar-refractivity contribution in [2.45, 2.75) is 19.4 Å². The highest BCUT2D eigenvalue weighted by Gasteiger charge is 2.14. The van der Waals surface area contributed by atoms with Crippen LogP contribution in [0.15, 0.2) is 39.5 Å². The van der Waals surface area contributed by atoms with Crippen LogP contribution in [0.3, 0.4) is 0 Å². The lowest BCUT2D eigenvalue weighted by molar-refractivity contribution is 0.529. The summed E-state index contributed by atoms with van der Waals surface area (Å²) in [6.45, 7) is 2.94. The lowest BCUT2D eigenvalue weighted by Crippen LogP contribution is -2.22. The van der Waals surface area contributed by atoms with Crippen LogP contribution in [0.4, 0.5) is 4.39 Å². The quantitative estimate of drug-likeness (QED) is 0.849. The minimum absolute atomic E-state index is 0.142. The zero-order chi connectivity index (χ0) is 13.0. The highest BCUT2D eigenvalue weighted by molar-refractivity contribution is 9.10. The second-order valence-corrected chi connectivity index (χ2v) is 5.80. The number of hydrogen-bond acceptors (Lipinski definition) is 2. The van der Waals surface area contributed by atoms with Crippen LogP contribution in [0, 0.1) is 5.82 Å². The maximum atomic E-state index is 13.8. The van der Waals surface area contributed by atoms with Crippen LogP contribution < -0.4 is 5.32 Å². The van der Waals surface area contributed by atoms with Crippen LogP contribution in [0.2, 0.25) is 0 Å². The molecular weight excluding hydrogens is 313 g/mol. The molecule has 1 N–H and O–H groups in total. The van der Waals surface area contributed by atoms with Crippen molar-refractivity contribution in [2.75, 3.05) is 6.54 Å². The molecule has 0 amide bonds. The highest BCUT2D eigenvalue weighted by atomic mass is 79.9. The predicted molar refractivity (Wildman–Crippen MR) is 78.5 cm³/mol. The third-order valence-electron chi connectivity index (χ3n) is 2.83. The molecule has 1 unspecified atom stereocenters. The number of hydrogen-bond donors (Lipinski definition) is 1. The minimum Gasteiger partial charge on any atom is -0.310 e. The van der Waals surface area contributed by atoms with E-state index in [4.69, 9.17) is 0 Å². The van der Waals surface area contributed by atoms with E-state index in [1.165, 1.54) is 11.6 Å². The van der Waals surface area contributed by atoms with Crippen molar-refractivity contribution in [1.29, 1.82) is 0 Å². The van der Waals surface area contributed by atoms with E-state index >= 15 is 0 Å². The second-order valence-electron chi connectivity index (χ2n) is 4.11. The standard InChI is InChI=1S/C14H15BrFNS/c1-2-17-14(10-5-6-18-9-10)8-11-7-12(15)3-4-13(11)16/h3-7,9,14,17H,2,8H2,1H3. The van der Waals surface area contributed by atoms with E-state index in [9.17, 15) is 4.39 Å². The molecule has 1 nitrogen and oxygen atoms in total. The van der Waals surface area contributed by atoms with Crippen LogP contribution in [-0.2, 0) is 6.42 Å². The van der Waals surface area contributed by atoms with Gasteiger partial charge in [-0.25, -0.2) is 4.39 Å². The molecule has 0 aliphatic carbocycles. The molecule has 1 aromatic carbocycles. The Morgan fingerprint density at radius 3 is 2.89 bits per heavy atom. The van der Waals surface area contributed by atoms with E-state index in [2.05, 4.69) is 45.0 Å². The summed E-state index contributed by atoms with van der Waals surface area (Å²) in [5.74, 6) is -0.142. The molecule has 0 fully saturated rings.